The van der Waals surface area contributed by atoms with Crippen molar-refractivity contribution < 1.29 is 4.79 Å². The number of rotatable bonds is 6. The molecule has 1 aromatic rings. The van der Waals surface area contributed by atoms with Gasteiger partial charge in [0.2, 0.25) is 0 Å². The van der Waals surface area contributed by atoms with Crippen LogP contribution in [0.4, 0.5) is 10.5 Å². The average Bonchev–Trinajstić information content (AvgIpc) is 2.81. The normalized spacial score (nSPS) is 17.0. The van der Waals surface area contributed by atoms with Crippen LogP contribution in [0.1, 0.15) is 39.2 Å². The van der Waals surface area contributed by atoms with E-state index in [1.54, 1.807) is 0 Å². The molecule has 1 aromatic carbocycles. The van der Waals surface area contributed by atoms with E-state index in [9.17, 15) is 4.79 Å². The van der Waals surface area contributed by atoms with E-state index < -0.39 is 0 Å². The number of hydrogen-bond acceptors (Lipinski definition) is 2. The molecule has 0 aromatic heterocycles. The topological polar surface area (TPSA) is 44.4 Å². The van der Waals surface area contributed by atoms with Crippen LogP contribution in [0.2, 0.25) is 0 Å². The Balaban J connectivity index is 1.80. The molecule has 4 nitrogen and oxygen atoms in total. The number of hydrogen-bond donors (Lipinski definition) is 2. The number of amides is 2. The van der Waals surface area contributed by atoms with E-state index in [1.807, 2.05) is 0 Å². The summed E-state index contributed by atoms with van der Waals surface area (Å²) in [6.07, 6.45) is 3.04. The van der Waals surface area contributed by atoms with Crippen molar-refractivity contribution >= 4 is 11.7 Å². The minimum absolute atomic E-state index is 0.0520. The van der Waals surface area contributed by atoms with Crippen molar-refractivity contribution in [2.45, 2.75) is 52.1 Å². The molecular weight excluding hydrogens is 262 g/mol. The van der Waals surface area contributed by atoms with Gasteiger partial charge in [-0.3, -0.25) is 0 Å². The van der Waals surface area contributed by atoms with Crippen LogP contribution in [0.15, 0.2) is 24.3 Å². The Labute approximate surface area is 127 Å². The zero-order valence-corrected chi connectivity index (χ0v) is 13.4. The summed E-state index contributed by atoms with van der Waals surface area (Å²) in [7, 11) is 0. The number of fused-ring (bicyclic) bond motifs is 1. The molecule has 0 aliphatic carbocycles. The Hall–Kier alpha value is -1.71. The molecule has 1 heterocycles. The third kappa shape index (κ3) is 3.90. The van der Waals surface area contributed by atoms with Crippen LogP contribution in [0, 0.1) is 0 Å². The number of nitrogens with zero attached hydrogens (tertiary/aromatic N) is 1. The van der Waals surface area contributed by atoms with Crippen molar-refractivity contribution in [1.82, 2.24) is 10.6 Å². The molecule has 21 heavy (non-hydrogen) atoms. The van der Waals surface area contributed by atoms with E-state index in [2.05, 4.69) is 60.6 Å². The second-order valence-electron chi connectivity index (χ2n) is 5.79. The van der Waals surface area contributed by atoms with Gasteiger partial charge in [-0.15, -0.1) is 0 Å². The lowest BCUT2D eigenvalue weighted by Crippen LogP contribution is -2.45. The van der Waals surface area contributed by atoms with Gasteiger partial charge in [-0.2, -0.15) is 0 Å². The van der Waals surface area contributed by atoms with Crippen LogP contribution in [-0.4, -0.2) is 31.2 Å². The zero-order valence-electron chi connectivity index (χ0n) is 13.4. The third-order valence-corrected chi connectivity index (χ3v) is 4.31. The Morgan fingerprint density at radius 2 is 2.05 bits per heavy atom. The van der Waals surface area contributed by atoms with E-state index in [1.165, 1.54) is 11.3 Å². The number of nitrogens with one attached hydrogen (secondary N) is 2. The number of carbonyl (C=O) groups excluding carboxylic acids is 1. The molecule has 0 radical (unpaired) electrons. The first-order valence-electron chi connectivity index (χ1n) is 8.04. The SMILES string of the molecule is CCC(CC)NC(=O)NCCN1c2ccccc2CC1C. The Kier molecular flexibility index (Phi) is 5.48. The van der Waals surface area contributed by atoms with Crippen LogP contribution in [0.5, 0.6) is 0 Å². The molecule has 0 saturated carbocycles. The van der Waals surface area contributed by atoms with Gasteiger partial charge in [0, 0.05) is 30.9 Å². The summed E-state index contributed by atoms with van der Waals surface area (Å²) in [6, 6.07) is 9.27. The number of para-hydroxylation sites is 1. The summed E-state index contributed by atoms with van der Waals surface area (Å²) in [6.45, 7) is 7.96. The summed E-state index contributed by atoms with van der Waals surface area (Å²) in [5.74, 6) is 0. The lowest BCUT2D eigenvalue weighted by atomic mass is 10.1. The van der Waals surface area contributed by atoms with Gasteiger partial charge in [-0.05, 0) is 37.8 Å². The molecule has 0 fully saturated rings. The van der Waals surface area contributed by atoms with Gasteiger partial charge in [0.15, 0.2) is 0 Å². The van der Waals surface area contributed by atoms with Crippen LogP contribution < -0.4 is 15.5 Å². The maximum Gasteiger partial charge on any atom is 0.315 e. The minimum atomic E-state index is -0.0520. The lowest BCUT2D eigenvalue weighted by molar-refractivity contribution is 0.236. The second-order valence-corrected chi connectivity index (χ2v) is 5.79. The molecule has 1 unspecified atom stereocenters. The maximum absolute atomic E-state index is 11.8. The fourth-order valence-electron chi connectivity index (χ4n) is 2.99. The third-order valence-electron chi connectivity index (χ3n) is 4.31. The molecule has 1 aliphatic heterocycles. The smallest absolute Gasteiger partial charge is 0.315 e. The fourth-order valence-corrected chi connectivity index (χ4v) is 2.99. The summed E-state index contributed by atoms with van der Waals surface area (Å²) in [5, 5.41) is 5.97. The zero-order chi connectivity index (χ0) is 15.2. The first-order chi connectivity index (χ1) is 10.2. The van der Waals surface area contributed by atoms with E-state index >= 15 is 0 Å². The summed E-state index contributed by atoms with van der Waals surface area (Å²) in [5.41, 5.74) is 2.72. The van der Waals surface area contributed by atoms with Crippen molar-refractivity contribution in [3.8, 4) is 0 Å². The average molecular weight is 289 g/mol. The van der Waals surface area contributed by atoms with Crippen LogP contribution in [0.3, 0.4) is 0 Å². The van der Waals surface area contributed by atoms with Crippen LogP contribution in [-0.2, 0) is 6.42 Å². The van der Waals surface area contributed by atoms with E-state index in [-0.39, 0.29) is 12.1 Å². The Bertz CT molecular complexity index is 471. The minimum Gasteiger partial charge on any atom is -0.367 e. The molecule has 2 amide bonds. The number of urea groups is 1. The summed E-state index contributed by atoms with van der Waals surface area (Å²) < 4.78 is 0. The van der Waals surface area contributed by atoms with Crippen molar-refractivity contribution in [3.63, 3.8) is 0 Å². The molecule has 0 saturated heterocycles. The number of benzene rings is 1. The Morgan fingerprint density at radius 1 is 1.33 bits per heavy atom. The van der Waals surface area contributed by atoms with Gasteiger partial charge in [0.25, 0.3) is 0 Å². The largest absolute Gasteiger partial charge is 0.367 e. The molecule has 0 bridgehead atoms. The monoisotopic (exact) mass is 289 g/mol. The maximum atomic E-state index is 11.8. The van der Waals surface area contributed by atoms with Crippen molar-refractivity contribution in [1.29, 1.82) is 0 Å². The van der Waals surface area contributed by atoms with Gasteiger partial charge in [-0.25, -0.2) is 4.79 Å². The molecule has 0 spiro atoms. The number of anilines is 1. The Morgan fingerprint density at radius 3 is 2.76 bits per heavy atom. The highest BCUT2D eigenvalue weighted by atomic mass is 16.2. The van der Waals surface area contributed by atoms with E-state index in [0.29, 0.717) is 12.6 Å². The standard InChI is InChI=1S/C17H27N3O/c1-4-15(5-2)19-17(21)18-10-11-20-13(3)12-14-8-6-7-9-16(14)20/h6-9,13,15H,4-5,10-12H2,1-3H3,(H2,18,19,21). The van der Waals surface area contributed by atoms with Gasteiger partial charge in [-0.1, -0.05) is 32.0 Å². The highest BCUT2D eigenvalue weighted by molar-refractivity contribution is 5.74. The van der Waals surface area contributed by atoms with Crippen LogP contribution in [0.25, 0.3) is 0 Å². The predicted octanol–water partition coefficient (Wildman–Crippen LogP) is 2.93. The molecule has 2 rings (SSSR count). The lowest BCUT2D eigenvalue weighted by Gasteiger charge is -2.25. The first kappa shape index (κ1) is 15.7. The highest BCUT2D eigenvalue weighted by Gasteiger charge is 2.24. The summed E-state index contributed by atoms with van der Waals surface area (Å²) in [4.78, 5) is 14.2. The molecule has 4 heteroatoms. The van der Waals surface area contributed by atoms with Gasteiger partial charge in [0.1, 0.15) is 0 Å². The van der Waals surface area contributed by atoms with Gasteiger partial charge in [0.05, 0.1) is 0 Å². The van der Waals surface area contributed by atoms with Crippen molar-refractivity contribution in [2.75, 3.05) is 18.0 Å². The number of carbonyl (C=O) groups is 1. The fraction of sp³-hybridized carbons (Fsp3) is 0.588. The highest BCUT2D eigenvalue weighted by Crippen LogP contribution is 2.31. The van der Waals surface area contributed by atoms with Crippen LogP contribution >= 0.6 is 0 Å². The van der Waals surface area contributed by atoms with Crippen molar-refractivity contribution in [2.24, 2.45) is 0 Å². The predicted molar refractivity (Wildman–Crippen MR) is 87.9 cm³/mol. The van der Waals surface area contributed by atoms with Gasteiger partial charge >= 0.3 is 6.03 Å². The quantitative estimate of drug-likeness (QED) is 0.845. The molecule has 1 atom stereocenters. The molecule has 116 valence electrons. The van der Waals surface area contributed by atoms with E-state index in [4.69, 9.17) is 0 Å². The summed E-state index contributed by atoms with van der Waals surface area (Å²) >= 11 is 0. The first-order valence-corrected chi connectivity index (χ1v) is 8.04. The van der Waals surface area contributed by atoms with Gasteiger partial charge < -0.3 is 15.5 Å². The molecular formula is C17H27N3O. The molecule has 1 aliphatic rings. The van der Waals surface area contributed by atoms with E-state index in [0.717, 1.165) is 25.8 Å². The second kappa shape index (κ2) is 7.34. The molecule has 2 N–H and O–H groups in total. The van der Waals surface area contributed by atoms with Crippen molar-refractivity contribution in [3.05, 3.63) is 29.8 Å².